The van der Waals surface area contributed by atoms with Gasteiger partial charge in [-0.05, 0) is 43.5 Å². The number of likely N-dealkylation sites (tertiary alicyclic amines) is 1. The van der Waals surface area contributed by atoms with E-state index in [0.717, 1.165) is 38.0 Å². The number of aliphatic hydroxyl groups is 1. The summed E-state index contributed by atoms with van der Waals surface area (Å²) in [5.41, 5.74) is 1.00. The van der Waals surface area contributed by atoms with Gasteiger partial charge in [0.2, 0.25) is 0 Å². The molecule has 0 aliphatic carbocycles. The maximum absolute atomic E-state index is 10.8. The number of nitro benzene ring substituents is 1. The predicted octanol–water partition coefficient (Wildman–Crippen LogP) is 1.81. The van der Waals surface area contributed by atoms with E-state index in [0.29, 0.717) is 11.7 Å². The summed E-state index contributed by atoms with van der Waals surface area (Å²) in [6, 6.07) is 5.00. The van der Waals surface area contributed by atoms with E-state index in [9.17, 15) is 10.1 Å². The van der Waals surface area contributed by atoms with Crippen molar-refractivity contribution in [1.29, 1.82) is 0 Å². The number of nitrogens with zero attached hydrogens (tertiary/aromatic N) is 2. The molecule has 20 heavy (non-hydrogen) atoms. The van der Waals surface area contributed by atoms with Gasteiger partial charge in [-0.1, -0.05) is 6.07 Å². The first-order valence-electron chi connectivity index (χ1n) is 6.78. The van der Waals surface area contributed by atoms with E-state index in [4.69, 9.17) is 9.84 Å². The average molecular weight is 280 g/mol. The zero-order valence-corrected chi connectivity index (χ0v) is 11.6. The van der Waals surface area contributed by atoms with Crippen molar-refractivity contribution in [2.45, 2.75) is 19.4 Å². The van der Waals surface area contributed by atoms with E-state index in [-0.39, 0.29) is 12.3 Å². The molecule has 1 aliphatic heterocycles. The normalized spacial score (nSPS) is 17.1. The minimum atomic E-state index is -0.435. The highest BCUT2D eigenvalue weighted by molar-refractivity contribution is 5.48. The van der Waals surface area contributed by atoms with Crippen LogP contribution in [0.5, 0.6) is 5.75 Å². The molecule has 1 aromatic rings. The molecule has 1 heterocycles. The summed E-state index contributed by atoms with van der Waals surface area (Å²) in [6.07, 6.45) is 2.00. The lowest BCUT2D eigenvalue weighted by Crippen LogP contribution is -2.34. The smallest absolute Gasteiger partial charge is 0.310 e. The van der Waals surface area contributed by atoms with Crippen molar-refractivity contribution in [2.24, 2.45) is 5.92 Å². The van der Waals surface area contributed by atoms with Gasteiger partial charge in [0.15, 0.2) is 5.75 Å². The van der Waals surface area contributed by atoms with Crippen LogP contribution < -0.4 is 4.74 Å². The van der Waals surface area contributed by atoms with Crippen LogP contribution in [0.25, 0.3) is 0 Å². The molecule has 0 unspecified atom stereocenters. The lowest BCUT2D eigenvalue weighted by Gasteiger charge is -2.31. The number of nitro groups is 1. The van der Waals surface area contributed by atoms with Crippen molar-refractivity contribution in [3.63, 3.8) is 0 Å². The summed E-state index contributed by atoms with van der Waals surface area (Å²) in [6.45, 7) is 2.92. The van der Waals surface area contributed by atoms with Crippen molar-refractivity contribution in [3.05, 3.63) is 33.9 Å². The second-order valence-corrected chi connectivity index (χ2v) is 5.17. The molecule has 0 bridgehead atoms. The highest BCUT2D eigenvalue weighted by atomic mass is 16.6. The van der Waals surface area contributed by atoms with Gasteiger partial charge < -0.3 is 9.84 Å². The summed E-state index contributed by atoms with van der Waals surface area (Å²) in [5, 5.41) is 20.0. The summed E-state index contributed by atoms with van der Waals surface area (Å²) in [5.74, 6) is 0.718. The van der Waals surface area contributed by atoms with Crippen LogP contribution in [0.1, 0.15) is 18.4 Å². The van der Waals surface area contributed by atoms with Crippen LogP contribution in [0.3, 0.4) is 0 Å². The zero-order chi connectivity index (χ0) is 14.5. The molecule has 6 nitrogen and oxygen atoms in total. The summed E-state index contributed by atoms with van der Waals surface area (Å²) >= 11 is 0. The molecule has 0 atom stereocenters. The Morgan fingerprint density at radius 3 is 2.70 bits per heavy atom. The number of methoxy groups -OCH3 is 1. The molecule has 0 radical (unpaired) electrons. The standard InChI is InChI=1S/C14H20N2O4/c1-20-14-8-12(2-3-13(14)16(18)19)9-15-6-4-11(10-17)5-7-15/h2-3,8,11,17H,4-7,9-10H2,1H3. The Labute approximate surface area is 118 Å². The van der Waals surface area contributed by atoms with Crippen LogP contribution in [-0.4, -0.2) is 41.7 Å². The molecular weight excluding hydrogens is 260 g/mol. The Morgan fingerprint density at radius 1 is 1.45 bits per heavy atom. The highest BCUT2D eigenvalue weighted by Gasteiger charge is 2.20. The van der Waals surface area contributed by atoms with Crippen molar-refractivity contribution < 1.29 is 14.8 Å². The van der Waals surface area contributed by atoms with Gasteiger partial charge >= 0.3 is 5.69 Å². The monoisotopic (exact) mass is 280 g/mol. The first-order chi connectivity index (χ1) is 9.63. The van der Waals surface area contributed by atoms with E-state index in [1.54, 1.807) is 12.1 Å². The fraction of sp³-hybridized carbons (Fsp3) is 0.571. The van der Waals surface area contributed by atoms with Gasteiger partial charge in [0.1, 0.15) is 0 Å². The van der Waals surface area contributed by atoms with Crippen LogP contribution in [0, 0.1) is 16.0 Å². The molecule has 0 amide bonds. The van der Waals surface area contributed by atoms with Crippen molar-refractivity contribution in [3.8, 4) is 5.75 Å². The maximum Gasteiger partial charge on any atom is 0.310 e. The number of ether oxygens (including phenoxy) is 1. The number of benzene rings is 1. The summed E-state index contributed by atoms with van der Waals surface area (Å²) < 4.78 is 5.08. The molecule has 2 rings (SSSR count). The van der Waals surface area contributed by atoms with Gasteiger partial charge in [-0.25, -0.2) is 0 Å². The zero-order valence-electron chi connectivity index (χ0n) is 11.6. The Kier molecular flexibility index (Phi) is 4.92. The van der Waals surface area contributed by atoms with Crippen LogP contribution in [-0.2, 0) is 6.54 Å². The number of piperidine rings is 1. The third kappa shape index (κ3) is 3.46. The van der Waals surface area contributed by atoms with E-state index in [1.807, 2.05) is 0 Å². The second kappa shape index (κ2) is 6.67. The Morgan fingerprint density at radius 2 is 2.15 bits per heavy atom. The third-order valence-corrected chi connectivity index (χ3v) is 3.81. The molecule has 1 fully saturated rings. The summed E-state index contributed by atoms with van der Waals surface area (Å²) in [7, 11) is 1.44. The molecule has 1 N–H and O–H groups in total. The van der Waals surface area contributed by atoms with E-state index in [2.05, 4.69) is 4.90 Å². The molecule has 1 aliphatic rings. The molecule has 6 heteroatoms. The fourth-order valence-electron chi connectivity index (χ4n) is 2.56. The predicted molar refractivity (Wildman–Crippen MR) is 74.7 cm³/mol. The van der Waals surface area contributed by atoms with Crippen LogP contribution in [0.2, 0.25) is 0 Å². The Balaban J connectivity index is 2.01. The lowest BCUT2D eigenvalue weighted by atomic mass is 9.97. The van der Waals surface area contributed by atoms with Crippen LogP contribution >= 0.6 is 0 Å². The quantitative estimate of drug-likeness (QED) is 0.657. The van der Waals surface area contributed by atoms with E-state index >= 15 is 0 Å². The number of hydrogen-bond acceptors (Lipinski definition) is 5. The first kappa shape index (κ1) is 14.7. The van der Waals surface area contributed by atoms with Gasteiger partial charge in [0.25, 0.3) is 0 Å². The van der Waals surface area contributed by atoms with Gasteiger partial charge in [-0.15, -0.1) is 0 Å². The van der Waals surface area contributed by atoms with Crippen LogP contribution in [0.15, 0.2) is 18.2 Å². The van der Waals surface area contributed by atoms with E-state index < -0.39 is 4.92 Å². The average Bonchev–Trinajstić information content (AvgIpc) is 2.47. The molecule has 1 saturated heterocycles. The molecular formula is C14H20N2O4. The SMILES string of the molecule is COc1cc(CN2CCC(CO)CC2)ccc1[N+](=O)[O-]. The highest BCUT2D eigenvalue weighted by Crippen LogP contribution is 2.28. The molecule has 0 spiro atoms. The topological polar surface area (TPSA) is 75.8 Å². The van der Waals surface area contributed by atoms with Gasteiger partial charge in [-0.2, -0.15) is 0 Å². The van der Waals surface area contributed by atoms with Gasteiger partial charge in [0, 0.05) is 19.2 Å². The van der Waals surface area contributed by atoms with Crippen molar-refractivity contribution >= 4 is 5.69 Å². The minimum absolute atomic E-state index is 0.00441. The second-order valence-electron chi connectivity index (χ2n) is 5.17. The third-order valence-electron chi connectivity index (χ3n) is 3.81. The molecule has 110 valence electrons. The molecule has 1 aromatic carbocycles. The molecule has 0 saturated carbocycles. The van der Waals surface area contributed by atoms with E-state index in [1.165, 1.54) is 13.2 Å². The number of hydrogen-bond donors (Lipinski definition) is 1. The number of rotatable bonds is 5. The maximum atomic E-state index is 10.8. The lowest BCUT2D eigenvalue weighted by molar-refractivity contribution is -0.385. The van der Waals surface area contributed by atoms with Crippen molar-refractivity contribution in [2.75, 3.05) is 26.8 Å². The Bertz CT molecular complexity index is 470. The van der Waals surface area contributed by atoms with Gasteiger partial charge in [0.05, 0.1) is 12.0 Å². The number of aliphatic hydroxyl groups excluding tert-OH is 1. The van der Waals surface area contributed by atoms with Gasteiger partial charge in [-0.3, -0.25) is 15.0 Å². The largest absolute Gasteiger partial charge is 0.490 e. The Hall–Kier alpha value is -1.66. The minimum Gasteiger partial charge on any atom is -0.490 e. The van der Waals surface area contributed by atoms with Crippen molar-refractivity contribution in [1.82, 2.24) is 4.90 Å². The fourth-order valence-corrected chi connectivity index (χ4v) is 2.56. The first-order valence-corrected chi connectivity index (χ1v) is 6.78. The summed E-state index contributed by atoms with van der Waals surface area (Å²) in [4.78, 5) is 12.7. The molecule has 0 aromatic heterocycles. The van der Waals surface area contributed by atoms with Crippen LogP contribution in [0.4, 0.5) is 5.69 Å².